The van der Waals surface area contributed by atoms with Gasteiger partial charge in [-0.1, -0.05) is 28.1 Å². The fourth-order valence-corrected chi connectivity index (χ4v) is 2.68. The van der Waals surface area contributed by atoms with Crippen LogP contribution in [0.3, 0.4) is 0 Å². The van der Waals surface area contributed by atoms with Crippen LogP contribution in [0.2, 0.25) is 0 Å². The molecule has 0 N–H and O–H groups in total. The van der Waals surface area contributed by atoms with E-state index in [2.05, 4.69) is 20.9 Å². The molecule has 1 aromatic heterocycles. The van der Waals surface area contributed by atoms with Gasteiger partial charge >= 0.3 is 5.97 Å². The Labute approximate surface area is 141 Å². The van der Waals surface area contributed by atoms with E-state index in [1.807, 2.05) is 0 Å². The normalized spacial score (nSPS) is 10.4. The summed E-state index contributed by atoms with van der Waals surface area (Å²) in [4.78, 5) is 27.5. The van der Waals surface area contributed by atoms with Crippen molar-refractivity contribution < 1.29 is 14.5 Å². The van der Waals surface area contributed by atoms with E-state index in [-0.39, 0.29) is 29.1 Å². The van der Waals surface area contributed by atoms with Crippen molar-refractivity contribution in [1.29, 1.82) is 0 Å². The first-order valence-corrected chi connectivity index (χ1v) is 7.74. The van der Waals surface area contributed by atoms with E-state index in [4.69, 9.17) is 4.74 Å². The quantitative estimate of drug-likeness (QED) is 0.452. The number of pyridine rings is 1. The Morgan fingerprint density at radius 1 is 1.26 bits per heavy atom. The topological polar surface area (TPSA) is 82.3 Å². The molecule has 0 saturated carbocycles. The number of hydrogen-bond acceptors (Lipinski definition) is 5. The molecule has 1 aromatic carbocycles. The van der Waals surface area contributed by atoms with Gasteiger partial charge in [0, 0.05) is 4.47 Å². The third-order valence-corrected chi connectivity index (χ3v) is 3.85. The van der Waals surface area contributed by atoms with Crippen LogP contribution >= 0.6 is 15.9 Å². The molecule has 0 unspecified atom stereocenters. The molecule has 0 atom stereocenters. The summed E-state index contributed by atoms with van der Waals surface area (Å²) in [6.45, 7) is 5.07. The molecular formula is C16H15BrN2O4. The number of carbonyl (C=O) groups excluding carboxylic acids is 1. The molecule has 0 saturated heterocycles. The van der Waals surface area contributed by atoms with Gasteiger partial charge in [-0.2, -0.15) is 0 Å². The van der Waals surface area contributed by atoms with Crippen molar-refractivity contribution in [3.63, 3.8) is 0 Å². The molecule has 0 radical (unpaired) electrons. The monoisotopic (exact) mass is 378 g/mol. The Hall–Kier alpha value is -2.28. The summed E-state index contributed by atoms with van der Waals surface area (Å²) in [5.41, 5.74) is 1.43. The molecule has 0 spiro atoms. The van der Waals surface area contributed by atoms with Gasteiger partial charge in [0.15, 0.2) is 0 Å². The molecule has 0 aliphatic carbocycles. The molecule has 2 aromatic rings. The smallest absolute Gasteiger partial charge is 0.340 e. The number of hydrogen-bond donors (Lipinski definition) is 0. The van der Waals surface area contributed by atoms with Gasteiger partial charge in [0.2, 0.25) is 0 Å². The molecular weight excluding hydrogens is 364 g/mol. The van der Waals surface area contributed by atoms with Crippen molar-refractivity contribution in [1.82, 2.24) is 4.98 Å². The van der Waals surface area contributed by atoms with Gasteiger partial charge in [0.1, 0.15) is 5.69 Å². The standard InChI is InChI=1S/C16H15BrN2O4/c1-4-23-16(20)13-9(2)18-10(3)15(19(21)22)14(13)11-5-7-12(17)8-6-11/h5-8H,4H2,1-3H3. The highest BCUT2D eigenvalue weighted by atomic mass is 79.9. The molecule has 0 amide bonds. The van der Waals surface area contributed by atoms with Crippen LogP contribution in [0.1, 0.15) is 28.7 Å². The number of rotatable bonds is 4. The van der Waals surface area contributed by atoms with E-state index < -0.39 is 10.9 Å². The molecule has 23 heavy (non-hydrogen) atoms. The minimum Gasteiger partial charge on any atom is -0.462 e. The van der Waals surface area contributed by atoms with E-state index >= 15 is 0 Å². The molecule has 1 heterocycles. The van der Waals surface area contributed by atoms with Gasteiger partial charge < -0.3 is 4.74 Å². The van der Waals surface area contributed by atoms with Gasteiger partial charge in [-0.25, -0.2) is 4.79 Å². The van der Waals surface area contributed by atoms with Crippen LogP contribution in [0.15, 0.2) is 28.7 Å². The molecule has 0 aliphatic rings. The lowest BCUT2D eigenvalue weighted by Gasteiger charge is -2.13. The summed E-state index contributed by atoms with van der Waals surface area (Å²) in [6.07, 6.45) is 0. The number of aromatic nitrogens is 1. The number of esters is 1. The van der Waals surface area contributed by atoms with E-state index in [0.29, 0.717) is 11.3 Å². The van der Waals surface area contributed by atoms with Crippen molar-refractivity contribution in [2.24, 2.45) is 0 Å². The second-order valence-electron chi connectivity index (χ2n) is 4.87. The highest BCUT2D eigenvalue weighted by Gasteiger charge is 2.29. The third kappa shape index (κ3) is 3.39. The van der Waals surface area contributed by atoms with Crippen molar-refractivity contribution in [2.75, 3.05) is 6.61 Å². The molecule has 6 nitrogen and oxygen atoms in total. The summed E-state index contributed by atoms with van der Waals surface area (Å²) in [5.74, 6) is -0.612. The highest BCUT2D eigenvalue weighted by molar-refractivity contribution is 9.10. The van der Waals surface area contributed by atoms with Crippen LogP contribution in [-0.4, -0.2) is 22.5 Å². The Morgan fingerprint density at radius 2 is 1.87 bits per heavy atom. The van der Waals surface area contributed by atoms with Crippen LogP contribution < -0.4 is 0 Å². The van der Waals surface area contributed by atoms with E-state index in [0.717, 1.165) is 4.47 Å². The molecule has 0 fully saturated rings. The molecule has 120 valence electrons. The molecule has 0 bridgehead atoms. The lowest BCUT2D eigenvalue weighted by Crippen LogP contribution is -2.13. The summed E-state index contributed by atoms with van der Waals surface area (Å²) in [5, 5.41) is 11.5. The van der Waals surface area contributed by atoms with E-state index in [1.165, 1.54) is 0 Å². The van der Waals surface area contributed by atoms with Crippen molar-refractivity contribution in [3.05, 3.63) is 55.8 Å². The van der Waals surface area contributed by atoms with Crippen LogP contribution in [0, 0.1) is 24.0 Å². The zero-order valence-corrected chi connectivity index (χ0v) is 14.5. The summed E-state index contributed by atoms with van der Waals surface area (Å²) < 4.78 is 5.90. The number of nitro groups is 1. The number of benzene rings is 1. The SMILES string of the molecule is CCOC(=O)c1c(C)nc(C)c([N+](=O)[O-])c1-c1ccc(Br)cc1. The second kappa shape index (κ2) is 6.87. The zero-order chi connectivity index (χ0) is 17.1. The predicted molar refractivity (Wildman–Crippen MR) is 89.5 cm³/mol. The Morgan fingerprint density at radius 3 is 2.39 bits per heavy atom. The lowest BCUT2D eigenvalue weighted by molar-refractivity contribution is -0.385. The maximum absolute atomic E-state index is 12.3. The van der Waals surface area contributed by atoms with Gasteiger partial charge in [0.05, 0.1) is 28.4 Å². The average Bonchev–Trinajstić information content (AvgIpc) is 2.46. The van der Waals surface area contributed by atoms with Gasteiger partial charge in [-0.15, -0.1) is 0 Å². The maximum atomic E-state index is 12.3. The zero-order valence-electron chi connectivity index (χ0n) is 12.9. The first-order valence-electron chi connectivity index (χ1n) is 6.95. The Kier molecular flexibility index (Phi) is 5.10. The first kappa shape index (κ1) is 17.1. The minimum absolute atomic E-state index is 0.131. The molecule has 0 aliphatic heterocycles. The Balaban J connectivity index is 2.85. The number of ether oxygens (including phenoxy) is 1. The summed E-state index contributed by atoms with van der Waals surface area (Å²) in [7, 11) is 0. The van der Waals surface area contributed by atoms with E-state index in [9.17, 15) is 14.9 Å². The fraction of sp³-hybridized carbons (Fsp3) is 0.250. The summed E-state index contributed by atoms with van der Waals surface area (Å²) in [6, 6.07) is 6.96. The Bertz CT molecular complexity index is 773. The van der Waals surface area contributed by atoms with Crippen LogP contribution in [0.4, 0.5) is 5.69 Å². The largest absolute Gasteiger partial charge is 0.462 e. The molecule has 7 heteroatoms. The lowest BCUT2D eigenvalue weighted by atomic mass is 9.96. The highest BCUT2D eigenvalue weighted by Crippen LogP contribution is 2.37. The van der Waals surface area contributed by atoms with Gasteiger partial charge in [-0.05, 0) is 38.5 Å². The second-order valence-corrected chi connectivity index (χ2v) is 5.78. The number of nitrogens with zero attached hydrogens (tertiary/aromatic N) is 2. The van der Waals surface area contributed by atoms with Crippen molar-refractivity contribution in [2.45, 2.75) is 20.8 Å². The fourth-order valence-electron chi connectivity index (χ4n) is 2.41. The van der Waals surface area contributed by atoms with Crippen molar-refractivity contribution in [3.8, 4) is 11.1 Å². The van der Waals surface area contributed by atoms with Crippen LogP contribution in [-0.2, 0) is 4.74 Å². The van der Waals surface area contributed by atoms with Crippen molar-refractivity contribution >= 4 is 27.6 Å². The van der Waals surface area contributed by atoms with Crippen LogP contribution in [0.5, 0.6) is 0 Å². The number of carbonyl (C=O) groups is 1. The minimum atomic E-state index is -0.612. The summed E-state index contributed by atoms with van der Waals surface area (Å²) >= 11 is 3.33. The molecule has 2 rings (SSSR count). The van der Waals surface area contributed by atoms with Crippen LogP contribution in [0.25, 0.3) is 11.1 Å². The maximum Gasteiger partial charge on any atom is 0.340 e. The number of aryl methyl sites for hydroxylation is 2. The first-order chi connectivity index (χ1) is 10.9. The van der Waals surface area contributed by atoms with E-state index in [1.54, 1.807) is 45.0 Å². The predicted octanol–water partition coefficient (Wildman–Crippen LogP) is 4.21. The van der Waals surface area contributed by atoms with Gasteiger partial charge in [-0.3, -0.25) is 15.1 Å². The number of halogens is 1. The average molecular weight is 379 g/mol. The van der Waals surface area contributed by atoms with Gasteiger partial charge in [0.25, 0.3) is 5.69 Å². The third-order valence-electron chi connectivity index (χ3n) is 3.32.